The first-order valence-corrected chi connectivity index (χ1v) is 43.2. The van der Waals surface area contributed by atoms with Crippen LogP contribution in [0.25, 0.3) is 17.3 Å². The molecule has 12 aromatic rings. The van der Waals surface area contributed by atoms with Crippen molar-refractivity contribution in [1.82, 2.24) is 55.7 Å². The molecule has 7 aromatic heterocycles. The molecule has 30 nitrogen and oxygen atoms in total. The second-order valence-corrected chi connectivity index (χ2v) is 34.3. The van der Waals surface area contributed by atoms with Crippen molar-refractivity contribution in [2.24, 2.45) is 0 Å². The topological polar surface area (TPSA) is 400 Å². The van der Waals surface area contributed by atoms with Gasteiger partial charge in [0.25, 0.3) is 23.3 Å². The Bertz CT molecular complexity index is 6580. The van der Waals surface area contributed by atoms with Crippen LogP contribution in [-0.4, -0.2) is 142 Å². The Kier molecular flexibility index (Phi) is 28.7. The van der Waals surface area contributed by atoms with E-state index in [1.54, 1.807) is 126 Å². The van der Waals surface area contributed by atoms with Gasteiger partial charge in [0.1, 0.15) is 51.6 Å². The lowest BCUT2D eigenvalue weighted by molar-refractivity contribution is -0.275. The number of anilines is 4. The molecular weight excluding hydrogens is 1780 g/mol. The van der Waals surface area contributed by atoms with Crippen molar-refractivity contribution in [3.8, 4) is 17.2 Å². The number of amides is 4. The molecule has 0 radical (unpaired) electrons. The fraction of sp³-hybridized carbons (Fsp3) is 0.240. The summed E-state index contributed by atoms with van der Waals surface area (Å²) in [6, 6.07) is 42.6. The highest BCUT2D eigenvalue weighted by Crippen LogP contribution is 2.48. The van der Waals surface area contributed by atoms with Crippen molar-refractivity contribution in [3.63, 3.8) is 0 Å². The smallest absolute Gasteiger partial charge is 0.507 e. The molecule has 4 atom stereocenters. The third kappa shape index (κ3) is 21.3. The summed E-state index contributed by atoms with van der Waals surface area (Å²) in [6.07, 6.45) is -4.17. The molecular formula is C96H85F6N15O15S2. The third-order valence-corrected chi connectivity index (χ3v) is 23.1. The Hall–Kier alpha value is -15.5. The highest BCUT2D eigenvalue weighted by Gasteiger charge is 2.53. The lowest BCUT2D eigenvalue weighted by Gasteiger charge is -2.25. The van der Waals surface area contributed by atoms with Crippen LogP contribution in [0.15, 0.2) is 229 Å². The molecule has 38 heteroatoms. The fourth-order valence-corrected chi connectivity index (χ4v) is 16.2. The summed E-state index contributed by atoms with van der Waals surface area (Å²) in [7, 11) is 0. The number of ketones is 4. The van der Waals surface area contributed by atoms with Gasteiger partial charge in [-0.25, -0.2) is 9.97 Å². The summed E-state index contributed by atoms with van der Waals surface area (Å²) < 4.78 is 88.9. The van der Waals surface area contributed by atoms with Gasteiger partial charge < -0.3 is 34.6 Å². The van der Waals surface area contributed by atoms with Crippen LogP contribution in [0.2, 0.25) is 0 Å². The van der Waals surface area contributed by atoms with Crippen molar-refractivity contribution >= 4 is 110 Å². The highest BCUT2D eigenvalue weighted by molar-refractivity contribution is 7.13. The van der Waals surface area contributed by atoms with E-state index in [1.807, 2.05) is 58.0 Å². The number of alkyl halides is 6. The van der Waals surface area contributed by atoms with Gasteiger partial charge in [-0.2, -0.15) is 20.4 Å². The Labute approximate surface area is 770 Å². The predicted molar refractivity (Wildman–Crippen MR) is 482 cm³/mol. The van der Waals surface area contributed by atoms with E-state index >= 15 is 0 Å². The van der Waals surface area contributed by atoms with E-state index in [0.29, 0.717) is 62.2 Å². The summed E-state index contributed by atoms with van der Waals surface area (Å²) in [5.74, 6) is -7.57. The molecule has 0 aliphatic carbocycles. The Morgan fingerprint density at radius 2 is 0.761 bits per heavy atom. The molecule has 11 heterocycles. The van der Waals surface area contributed by atoms with Crippen LogP contribution in [0.5, 0.6) is 17.2 Å². The van der Waals surface area contributed by atoms with Gasteiger partial charge in [-0.05, 0) is 205 Å². The first-order chi connectivity index (χ1) is 63.6. The number of thiazole rings is 2. The quantitative estimate of drug-likeness (QED) is 0.0181. The monoisotopic (exact) mass is 1870 g/mol. The van der Waals surface area contributed by atoms with Gasteiger partial charge in [-0.15, -0.1) is 69.4 Å². The van der Waals surface area contributed by atoms with E-state index in [2.05, 4.69) is 92.9 Å². The Morgan fingerprint density at radius 3 is 1.10 bits per heavy atom. The number of hydrogen-bond acceptors (Lipinski definition) is 28. The normalized spacial score (nSPS) is 17.4. The molecule has 134 heavy (non-hydrogen) atoms. The first kappa shape index (κ1) is 96.1. The highest BCUT2D eigenvalue weighted by atomic mass is 32.1. The van der Waals surface area contributed by atoms with Crippen LogP contribution < -0.4 is 33.8 Å². The standard InChI is InChI=1S/C26H22F3N3O5.C26H26N4O3.C23H22N4O3S.C21H15F3N4O4S/c1-14(2)36-18-9-7-17(8-10-18)23(33)21-22(16-5-11-19(12-6-16)37-26(27,28)29)32(25(35)24(21)34)20-13-4-15(3)30-31-20;1-5-17-7-12-20(27-14-17)23-22(24(31)19-10-8-18(9-11-19)15(2)3)25(32)26(33)30(23)21-13-6-16(4)28-29-21;1-12(2)15-6-8-16(9-7-15)20(28)18-19(22-24-11-14(4)31-22)27(23(30)21(18)29)17-10-5-13(3)25-26-17;1-10-3-8-14(27-26-10)28-16(12-4-6-13(7-5-12)32-21(22,23)24)15(18(30)20(28)31)17(29)19-25-9-11(2)33-19/h4-14,22,33H,1-3H3;6-15,23,31H,5H2,1-4H3;5-12,19,28H,1-4H3;3-9,16,30H,1-2H3. The lowest BCUT2D eigenvalue weighted by Crippen LogP contribution is -2.32. The molecule has 5 aromatic carbocycles. The summed E-state index contributed by atoms with van der Waals surface area (Å²) in [5, 5.41) is 76.8. The molecule has 4 unspecified atom stereocenters. The number of carbonyl (C=O) groups excluding carboxylic acids is 8. The number of carbonyl (C=O) groups is 8. The maximum Gasteiger partial charge on any atom is 0.573 e. The van der Waals surface area contributed by atoms with E-state index < -0.39 is 107 Å². The minimum Gasteiger partial charge on any atom is -0.507 e. The van der Waals surface area contributed by atoms with Crippen molar-refractivity contribution in [2.45, 2.75) is 151 Å². The Morgan fingerprint density at radius 1 is 0.403 bits per heavy atom. The van der Waals surface area contributed by atoms with Gasteiger partial charge in [0.05, 0.1) is 68.9 Å². The number of halogens is 6. The second kappa shape index (κ2) is 40.1. The summed E-state index contributed by atoms with van der Waals surface area (Å²) in [5.41, 5.74) is 7.35. The Balaban J connectivity index is 0.000000152. The molecule has 4 aliphatic heterocycles. The number of rotatable bonds is 20. The SMILES string of the molecule is CCc1ccc(C2C(=C(O)c3ccc(C(C)C)cc3)C(=O)C(=O)N2c2ccc(C)nn2)nc1.Cc1ccc(N2C(=O)C(=O)C(=C(O)c3ccc(C(C)C)cc3)C2c2ncc(C)s2)nn1.Cc1ccc(N2C(=O)C(=O)C(=C(O)c3ccc(OC(C)C)cc3)C2c2ccc(OC(F)(F)F)cc2)nn1.Cc1ccc(N2C(=O)C(O)=C(C(=O)c3ncc(C)s3)C2c2ccc(OC(F)(F)F)cc2)nn1. The molecule has 0 saturated carbocycles. The van der Waals surface area contributed by atoms with E-state index in [4.69, 9.17) is 4.74 Å². The molecule has 4 N–H and O–H groups in total. The summed E-state index contributed by atoms with van der Waals surface area (Å²) in [4.78, 5) is 124. The number of aliphatic hydroxyl groups is 4. The average molecular weight is 1870 g/mol. The number of pyridine rings is 1. The molecule has 0 spiro atoms. The van der Waals surface area contributed by atoms with Crippen molar-refractivity contribution in [3.05, 3.63) is 321 Å². The van der Waals surface area contributed by atoms with Gasteiger partial charge in [0.2, 0.25) is 5.78 Å². The molecule has 4 aliphatic rings. The number of aromatic nitrogens is 11. The van der Waals surface area contributed by atoms with Crippen LogP contribution in [0.3, 0.4) is 0 Å². The van der Waals surface area contributed by atoms with Crippen LogP contribution in [0.4, 0.5) is 49.6 Å². The van der Waals surface area contributed by atoms with E-state index in [0.717, 1.165) is 78.3 Å². The van der Waals surface area contributed by atoms with E-state index in [1.165, 1.54) is 75.9 Å². The average Bonchev–Trinajstić information content (AvgIpc) is 1.61. The summed E-state index contributed by atoms with van der Waals surface area (Å²) in [6.45, 7) is 24.6. The van der Waals surface area contributed by atoms with Crippen molar-refractivity contribution in [2.75, 3.05) is 19.6 Å². The number of ether oxygens (including phenoxy) is 3. The zero-order valence-electron chi connectivity index (χ0n) is 73.9. The maximum atomic E-state index is 13.2. The molecule has 3 fully saturated rings. The van der Waals surface area contributed by atoms with Gasteiger partial charge in [-0.1, -0.05) is 113 Å². The molecule has 0 bridgehead atoms. The minimum absolute atomic E-state index is 0.000906. The van der Waals surface area contributed by atoms with Gasteiger partial charge in [0, 0.05) is 45.0 Å². The maximum absolute atomic E-state index is 13.2. The number of aliphatic hydroxyl groups excluding tert-OH is 4. The zero-order chi connectivity index (χ0) is 96.8. The number of hydrogen-bond donors (Lipinski definition) is 4. The predicted octanol–water partition coefficient (Wildman–Crippen LogP) is 18.1. The number of aryl methyl sites for hydroxylation is 7. The van der Waals surface area contributed by atoms with Gasteiger partial charge >= 0.3 is 30.4 Å². The molecule has 688 valence electrons. The fourth-order valence-electron chi connectivity index (χ4n) is 14.6. The number of Topliss-reactive ketones (excluding diaryl/α,β-unsaturated/α-hetero) is 4. The lowest BCUT2D eigenvalue weighted by atomic mass is 9.95. The van der Waals surface area contributed by atoms with Crippen LogP contribution in [0.1, 0.15) is 182 Å². The number of benzene rings is 5. The van der Waals surface area contributed by atoms with Crippen molar-refractivity contribution in [1.29, 1.82) is 0 Å². The van der Waals surface area contributed by atoms with Crippen LogP contribution in [0, 0.1) is 41.5 Å². The van der Waals surface area contributed by atoms with Crippen LogP contribution >= 0.6 is 22.7 Å². The van der Waals surface area contributed by atoms with Crippen LogP contribution in [-0.2, 0) is 40.0 Å². The third-order valence-electron chi connectivity index (χ3n) is 21.2. The first-order valence-electron chi connectivity index (χ1n) is 41.5. The van der Waals surface area contributed by atoms with Gasteiger partial charge in [0.15, 0.2) is 34.0 Å². The zero-order valence-corrected chi connectivity index (χ0v) is 75.5. The molecule has 4 amide bonds. The second-order valence-electron chi connectivity index (χ2n) is 31.8. The number of nitrogens with zero attached hydrogens (tertiary/aromatic N) is 15. The minimum atomic E-state index is -4.89. The largest absolute Gasteiger partial charge is 0.573 e. The molecule has 3 saturated heterocycles. The van der Waals surface area contributed by atoms with E-state index in [-0.39, 0.29) is 84.9 Å². The van der Waals surface area contributed by atoms with E-state index in [9.17, 15) is 85.1 Å². The van der Waals surface area contributed by atoms with Gasteiger partial charge in [-0.3, -0.25) is 62.9 Å². The molecule has 16 rings (SSSR count). The van der Waals surface area contributed by atoms with Crippen molar-refractivity contribution < 1.29 is 99.3 Å². The summed E-state index contributed by atoms with van der Waals surface area (Å²) >= 11 is 2.44.